The van der Waals surface area contributed by atoms with Gasteiger partial charge in [-0.05, 0) is 0 Å². The van der Waals surface area contributed by atoms with Crippen molar-refractivity contribution in [1.82, 2.24) is 0 Å². The van der Waals surface area contributed by atoms with Crippen molar-refractivity contribution < 1.29 is 94.7 Å². The second-order valence-corrected chi connectivity index (χ2v) is 2.03. The third-order valence-electron chi connectivity index (χ3n) is 0. The van der Waals surface area contributed by atoms with Crippen LogP contribution in [0, 0.1) is 0 Å². The normalized spacial score (nSPS) is 10.8. The Balaban J connectivity index is -0.000000107. The fourth-order valence-electron chi connectivity index (χ4n) is 0. The van der Waals surface area contributed by atoms with E-state index in [0.717, 1.165) is 0 Å². The molecule has 4 nitrogen and oxygen atoms in total. The molecule has 0 aliphatic heterocycles. The molecule has 0 amide bonds. The van der Waals surface area contributed by atoms with Gasteiger partial charge in [-0.2, -0.15) is 0 Å². The number of hydrogen-bond acceptors (Lipinski definition) is 1. The summed E-state index contributed by atoms with van der Waals surface area (Å²) in [6.07, 6.45) is 0. The van der Waals surface area contributed by atoms with Crippen LogP contribution < -0.4 is 58.2 Å². The molecule has 64 valence electrons. The summed E-state index contributed by atoms with van der Waals surface area (Å²) in [4.78, 5) is 21.6. The summed E-state index contributed by atoms with van der Waals surface area (Å²) in [5.41, 5.74) is 0. The van der Waals surface area contributed by atoms with Crippen LogP contribution in [0.5, 0.6) is 0 Å². The van der Waals surface area contributed by atoms with Crippen molar-refractivity contribution in [2.24, 2.45) is 0 Å². The van der Waals surface area contributed by atoms with Crippen LogP contribution in [0.25, 0.3) is 0 Å². The molecule has 0 aromatic carbocycles. The molecule has 0 bridgehead atoms. The van der Waals surface area contributed by atoms with Crippen LogP contribution in [-0.4, -0.2) is 21.9 Å². The quantitative estimate of drug-likeness (QED) is 0.256. The second kappa shape index (κ2) is 7.14. The summed E-state index contributed by atoms with van der Waals surface area (Å²) in [6.45, 7) is 0. The fourth-order valence-corrected chi connectivity index (χ4v) is 0. The van der Waals surface area contributed by atoms with Crippen LogP contribution in [0.3, 0.4) is 0 Å². The number of halogens is 4. The molecule has 11 heteroatoms. The van der Waals surface area contributed by atoms with Crippen molar-refractivity contribution >= 4 is 15.1 Å². The van der Waals surface area contributed by atoms with Crippen molar-refractivity contribution in [2.45, 2.75) is 0 Å². The van der Waals surface area contributed by atoms with Gasteiger partial charge in [0.2, 0.25) is 0 Å². The molecule has 0 saturated carbocycles. The Kier molecular flexibility index (Phi) is 12.0. The zero-order valence-electron chi connectivity index (χ0n) is 5.29. The minimum atomic E-state index is -6.00. The van der Waals surface area contributed by atoms with Gasteiger partial charge < -0.3 is 31.9 Å². The molecule has 0 aliphatic carbocycles. The van der Waals surface area contributed by atoms with E-state index in [1.54, 1.807) is 0 Å². The maximum Gasteiger partial charge on any atom is 1.00 e. The molecule has 0 fully saturated rings. The van der Waals surface area contributed by atoms with Gasteiger partial charge in [0.15, 0.2) is 0 Å². The Morgan fingerprint density at radius 2 is 1.00 bits per heavy atom. The Bertz CT molecular complexity index is 114. The summed E-state index contributed by atoms with van der Waals surface area (Å²) in [5.74, 6) is 0. The molecule has 0 aliphatic rings. The molecule has 0 aromatic rings. The molecule has 0 saturated heterocycles. The summed E-state index contributed by atoms with van der Waals surface area (Å²) < 4.78 is 47.9. The second-order valence-electron chi connectivity index (χ2n) is 1.01. The van der Waals surface area contributed by atoms with Gasteiger partial charge in [-0.25, -0.2) is 4.57 Å². The predicted octanol–water partition coefficient (Wildman–Crippen LogP) is -2.62. The molecule has 0 aromatic heterocycles. The van der Waals surface area contributed by atoms with Crippen LogP contribution in [0.15, 0.2) is 0 Å². The maximum absolute atomic E-state index is 9.75. The SMILES string of the molecule is F[B-](F)(F)F.O=P(O)(O)O.[Rb+]. The van der Waals surface area contributed by atoms with E-state index in [1.807, 2.05) is 0 Å². The molecular weight excluding hydrogens is 267 g/mol. The van der Waals surface area contributed by atoms with E-state index in [0.29, 0.717) is 0 Å². The zero-order valence-corrected chi connectivity index (χ0v) is 11.1. The summed E-state index contributed by atoms with van der Waals surface area (Å²) in [7, 11) is -10.6. The van der Waals surface area contributed by atoms with Gasteiger partial charge in [-0.3, -0.25) is 0 Å². The first-order valence-electron chi connectivity index (χ1n) is 1.66. The van der Waals surface area contributed by atoms with Gasteiger partial charge in [-0.1, -0.05) is 0 Å². The average molecular weight is 270 g/mol. The Morgan fingerprint density at radius 1 is 1.00 bits per heavy atom. The molecule has 0 spiro atoms. The number of phosphoric acid groups is 1. The standard InChI is InChI=1S/BF4.H3O4P.Rb/c2-1(3,4)5;1-5(2,3)4;/h;(H3,1,2,3,4);/q-1;;+1. The molecule has 0 rings (SSSR count). The Morgan fingerprint density at radius 3 is 1.00 bits per heavy atom. The van der Waals surface area contributed by atoms with Crippen molar-refractivity contribution in [2.75, 3.05) is 0 Å². The van der Waals surface area contributed by atoms with Gasteiger partial charge in [0.1, 0.15) is 0 Å². The first-order chi connectivity index (χ1) is 4.00. The van der Waals surface area contributed by atoms with E-state index in [9.17, 15) is 17.3 Å². The minimum Gasteiger partial charge on any atom is -0.418 e. The first kappa shape index (κ1) is 18.5. The van der Waals surface area contributed by atoms with Crippen molar-refractivity contribution in [1.29, 1.82) is 0 Å². The zero-order chi connectivity index (χ0) is 9.00. The summed E-state index contributed by atoms with van der Waals surface area (Å²) in [5, 5.41) is 0. The summed E-state index contributed by atoms with van der Waals surface area (Å²) in [6, 6.07) is 0. The van der Waals surface area contributed by atoms with Crippen LogP contribution >= 0.6 is 7.82 Å². The third-order valence-corrected chi connectivity index (χ3v) is 0. The molecule has 0 unspecified atom stereocenters. The van der Waals surface area contributed by atoms with Crippen molar-refractivity contribution in [3.05, 3.63) is 0 Å². The molecule has 11 heavy (non-hydrogen) atoms. The van der Waals surface area contributed by atoms with Gasteiger partial charge in [-0.15, -0.1) is 0 Å². The van der Waals surface area contributed by atoms with Gasteiger partial charge in [0, 0.05) is 0 Å². The van der Waals surface area contributed by atoms with Crippen molar-refractivity contribution in [3.8, 4) is 0 Å². The average Bonchev–Trinajstić information content (AvgIpc) is 1.12. The van der Waals surface area contributed by atoms with E-state index < -0.39 is 15.1 Å². The Hall–Kier alpha value is 1.70. The fraction of sp³-hybridized carbons (Fsp3) is 0. The van der Waals surface area contributed by atoms with Gasteiger partial charge in [0.05, 0.1) is 0 Å². The van der Waals surface area contributed by atoms with E-state index in [4.69, 9.17) is 19.2 Å². The number of hydrogen-bond donors (Lipinski definition) is 3. The van der Waals surface area contributed by atoms with Crippen molar-refractivity contribution in [3.63, 3.8) is 0 Å². The topological polar surface area (TPSA) is 77.8 Å². The van der Waals surface area contributed by atoms with Crippen LogP contribution in [0.4, 0.5) is 17.3 Å². The third kappa shape index (κ3) is 381. The monoisotopic (exact) mass is 270 g/mol. The molecule has 0 atom stereocenters. The van der Waals surface area contributed by atoms with Crippen LogP contribution in [0.2, 0.25) is 0 Å². The van der Waals surface area contributed by atoms with Gasteiger partial charge in [0.25, 0.3) is 0 Å². The van der Waals surface area contributed by atoms with Gasteiger partial charge >= 0.3 is 73.3 Å². The minimum absolute atomic E-state index is 0. The van der Waals surface area contributed by atoms with E-state index in [2.05, 4.69) is 0 Å². The summed E-state index contributed by atoms with van der Waals surface area (Å²) >= 11 is 0. The molecule has 3 N–H and O–H groups in total. The van der Waals surface area contributed by atoms with E-state index in [1.165, 1.54) is 0 Å². The first-order valence-corrected chi connectivity index (χ1v) is 3.22. The van der Waals surface area contributed by atoms with Crippen LogP contribution in [0.1, 0.15) is 0 Å². The molecule has 0 radical (unpaired) electrons. The smallest absolute Gasteiger partial charge is 0.418 e. The van der Waals surface area contributed by atoms with Crippen LogP contribution in [-0.2, 0) is 4.57 Å². The predicted molar refractivity (Wildman–Crippen MR) is 24.4 cm³/mol. The Labute approximate surface area is 108 Å². The largest absolute Gasteiger partial charge is 1.00 e. The maximum atomic E-state index is 9.75. The molecular formula is H3BF4O4PRb. The van der Waals surface area contributed by atoms with E-state index >= 15 is 0 Å². The number of rotatable bonds is 0. The van der Waals surface area contributed by atoms with E-state index in [-0.39, 0.29) is 58.2 Å². The molecule has 0 heterocycles.